The lowest BCUT2D eigenvalue weighted by molar-refractivity contribution is -0.344. The van der Waals surface area contributed by atoms with Gasteiger partial charge in [0.25, 0.3) is 0 Å². The lowest BCUT2D eigenvalue weighted by atomic mass is 9.46. The Morgan fingerprint density at radius 3 is 2.61 bits per heavy atom. The molecule has 196 valence electrons. The smallest absolute Gasteiger partial charge is 0.337 e. The molecule has 6 atom stereocenters. The van der Waals surface area contributed by atoms with Gasteiger partial charge in [0.15, 0.2) is 23.4 Å². The summed E-state index contributed by atoms with van der Waals surface area (Å²) in [6, 6.07) is 7.48. The Hall–Kier alpha value is -2.31. The van der Waals surface area contributed by atoms with Crippen LogP contribution in [0.4, 0.5) is 0 Å². The van der Waals surface area contributed by atoms with E-state index in [9.17, 15) is 4.79 Å². The van der Waals surface area contributed by atoms with E-state index in [0.717, 1.165) is 32.1 Å². The Balaban J connectivity index is 1.38. The molecule has 2 aliphatic heterocycles. The zero-order chi connectivity index (χ0) is 25.7. The Labute approximate surface area is 215 Å². The molecule has 6 nitrogen and oxygen atoms in total. The summed E-state index contributed by atoms with van der Waals surface area (Å²) in [6.07, 6.45) is 6.72. The average Bonchev–Trinajstić information content (AvgIpc) is 3.18. The van der Waals surface area contributed by atoms with Crippen molar-refractivity contribution < 1.29 is 28.5 Å². The Morgan fingerprint density at radius 2 is 1.86 bits per heavy atom. The molecule has 0 radical (unpaired) electrons. The van der Waals surface area contributed by atoms with Crippen molar-refractivity contribution in [3.63, 3.8) is 0 Å². The van der Waals surface area contributed by atoms with Crippen LogP contribution >= 0.6 is 0 Å². The van der Waals surface area contributed by atoms with Crippen molar-refractivity contribution in [1.82, 2.24) is 0 Å². The molecule has 4 fully saturated rings. The molecule has 6 heteroatoms. The van der Waals surface area contributed by atoms with Gasteiger partial charge in [0.05, 0.1) is 25.4 Å². The van der Waals surface area contributed by atoms with Crippen LogP contribution in [0.25, 0.3) is 0 Å². The Morgan fingerprint density at radius 1 is 1.11 bits per heavy atom. The monoisotopic (exact) mass is 496 g/mol. The van der Waals surface area contributed by atoms with E-state index in [4.69, 9.17) is 23.7 Å². The highest BCUT2D eigenvalue weighted by Crippen LogP contribution is 2.63. The number of benzene rings is 1. The summed E-state index contributed by atoms with van der Waals surface area (Å²) in [7, 11) is 1.61. The Bertz CT molecular complexity index is 1060. The fraction of sp³-hybridized carbons (Fsp3) is 0.633. The van der Waals surface area contributed by atoms with Crippen LogP contribution in [0.1, 0.15) is 59.8 Å². The lowest BCUT2D eigenvalue weighted by Crippen LogP contribution is -2.62. The van der Waals surface area contributed by atoms with Crippen molar-refractivity contribution in [2.45, 2.75) is 77.8 Å². The minimum Gasteiger partial charge on any atom is -0.493 e. The molecule has 0 aromatic heterocycles. The maximum absolute atomic E-state index is 12.7. The number of hydrogen-bond acceptors (Lipinski definition) is 6. The standard InChI is InChI=1S/C30H40O6/c1-19-11-14-25-29(4,16-15-26-30(25,5)18-34-28(2,3)36-26)21(19)13-12-20-24(17-33-27(20)31)35-23-10-8-7-9-22(23)32-6/h7-10,12,21,24-26H,1,11,13-18H2,2-6H3/b20-12+. The van der Waals surface area contributed by atoms with Gasteiger partial charge in [-0.25, -0.2) is 4.79 Å². The minimum absolute atomic E-state index is 0.0313. The SMILES string of the molecule is C=C1CCC2C3(C)COC(C)(C)OC3CCC2(C)C1C/C=C1/C(=O)OCC1Oc1ccccc1OC. The maximum Gasteiger partial charge on any atom is 0.337 e. The van der Waals surface area contributed by atoms with Gasteiger partial charge in [0, 0.05) is 5.41 Å². The number of fused-ring (bicyclic) bond motifs is 3. The number of cyclic esters (lactones) is 1. The predicted octanol–water partition coefficient (Wildman–Crippen LogP) is 5.86. The third kappa shape index (κ3) is 4.26. The molecule has 0 N–H and O–H groups in total. The van der Waals surface area contributed by atoms with Crippen LogP contribution in [0.2, 0.25) is 0 Å². The van der Waals surface area contributed by atoms with Gasteiger partial charge in [-0.3, -0.25) is 0 Å². The summed E-state index contributed by atoms with van der Waals surface area (Å²) in [5.41, 5.74) is 1.90. The zero-order valence-electron chi connectivity index (χ0n) is 22.3. The van der Waals surface area contributed by atoms with Crippen molar-refractivity contribution in [1.29, 1.82) is 0 Å². The molecule has 5 rings (SSSR count). The molecule has 4 aliphatic rings. The van der Waals surface area contributed by atoms with Crippen molar-refractivity contribution in [2.75, 3.05) is 20.3 Å². The lowest BCUT2D eigenvalue weighted by Gasteiger charge is -2.63. The Kier molecular flexibility index (Phi) is 6.49. The fourth-order valence-corrected chi connectivity index (χ4v) is 7.38. The molecule has 1 aromatic carbocycles. The molecule has 2 saturated carbocycles. The molecule has 0 spiro atoms. The zero-order valence-corrected chi connectivity index (χ0v) is 22.3. The molecule has 1 aromatic rings. The largest absolute Gasteiger partial charge is 0.493 e. The quantitative estimate of drug-likeness (QED) is 0.289. The topological polar surface area (TPSA) is 63.2 Å². The molecule has 2 saturated heterocycles. The van der Waals surface area contributed by atoms with Gasteiger partial charge in [-0.1, -0.05) is 44.2 Å². The molecular formula is C30H40O6. The normalized spacial score (nSPS) is 38.8. The van der Waals surface area contributed by atoms with Gasteiger partial charge >= 0.3 is 5.97 Å². The summed E-state index contributed by atoms with van der Waals surface area (Å²) in [5.74, 6) is 1.15. The number of esters is 1. The first-order chi connectivity index (χ1) is 17.1. The maximum atomic E-state index is 12.7. The molecule has 2 aliphatic carbocycles. The average molecular weight is 497 g/mol. The number of allylic oxidation sites excluding steroid dienone is 2. The second-order valence-corrected chi connectivity index (χ2v) is 11.9. The third-order valence-electron chi connectivity index (χ3n) is 9.33. The van der Waals surface area contributed by atoms with E-state index in [2.05, 4.69) is 20.4 Å². The van der Waals surface area contributed by atoms with Crippen molar-refractivity contribution >= 4 is 5.97 Å². The van der Waals surface area contributed by atoms with Crippen LogP contribution in [0.5, 0.6) is 11.5 Å². The van der Waals surface area contributed by atoms with E-state index < -0.39 is 11.9 Å². The number of methoxy groups -OCH3 is 1. The summed E-state index contributed by atoms with van der Waals surface area (Å²) in [6.45, 7) is 14.2. The predicted molar refractivity (Wildman–Crippen MR) is 137 cm³/mol. The van der Waals surface area contributed by atoms with Crippen LogP contribution in [-0.2, 0) is 19.0 Å². The van der Waals surface area contributed by atoms with Gasteiger partial charge in [0.1, 0.15) is 6.61 Å². The van der Waals surface area contributed by atoms with E-state index >= 15 is 0 Å². The number of para-hydroxylation sites is 2. The first kappa shape index (κ1) is 25.3. The van der Waals surface area contributed by atoms with Crippen LogP contribution in [0, 0.1) is 22.7 Å². The highest BCUT2D eigenvalue weighted by molar-refractivity contribution is 5.91. The minimum atomic E-state index is -0.528. The number of carbonyl (C=O) groups excluding carboxylic acids is 1. The second-order valence-electron chi connectivity index (χ2n) is 11.9. The molecule has 6 unspecified atom stereocenters. The van der Waals surface area contributed by atoms with Crippen molar-refractivity contribution in [3.05, 3.63) is 48.1 Å². The van der Waals surface area contributed by atoms with E-state index in [-0.39, 0.29) is 35.4 Å². The highest BCUT2D eigenvalue weighted by atomic mass is 16.7. The van der Waals surface area contributed by atoms with Crippen LogP contribution in [-0.4, -0.2) is 44.3 Å². The molecular weight excluding hydrogens is 456 g/mol. The van der Waals surface area contributed by atoms with E-state index in [0.29, 0.717) is 29.6 Å². The number of rotatable bonds is 5. The van der Waals surface area contributed by atoms with E-state index in [1.165, 1.54) is 5.57 Å². The van der Waals surface area contributed by atoms with Gasteiger partial charge in [-0.15, -0.1) is 0 Å². The third-order valence-corrected chi connectivity index (χ3v) is 9.33. The van der Waals surface area contributed by atoms with E-state index in [1.54, 1.807) is 7.11 Å². The summed E-state index contributed by atoms with van der Waals surface area (Å²) in [4.78, 5) is 12.7. The van der Waals surface area contributed by atoms with Crippen LogP contribution in [0.15, 0.2) is 48.1 Å². The van der Waals surface area contributed by atoms with E-state index in [1.807, 2.05) is 44.2 Å². The highest BCUT2D eigenvalue weighted by Gasteiger charge is 2.60. The summed E-state index contributed by atoms with van der Waals surface area (Å²) in [5, 5.41) is 0. The number of ether oxygens (including phenoxy) is 5. The first-order valence-corrected chi connectivity index (χ1v) is 13.2. The van der Waals surface area contributed by atoms with Crippen molar-refractivity contribution in [3.8, 4) is 11.5 Å². The molecule has 36 heavy (non-hydrogen) atoms. The van der Waals surface area contributed by atoms with Gasteiger partial charge in [0.2, 0.25) is 0 Å². The fourth-order valence-electron chi connectivity index (χ4n) is 7.38. The van der Waals surface area contributed by atoms with Crippen LogP contribution < -0.4 is 9.47 Å². The molecule has 0 amide bonds. The van der Waals surface area contributed by atoms with Crippen molar-refractivity contribution in [2.24, 2.45) is 22.7 Å². The number of carbonyl (C=O) groups is 1. The first-order valence-electron chi connectivity index (χ1n) is 13.2. The van der Waals surface area contributed by atoms with Gasteiger partial charge in [-0.05, 0) is 75.3 Å². The summed E-state index contributed by atoms with van der Waals surface area (Å²) >= 11 is 0. The second kappa shape index (κ2) is 9.21. The van der Waals surface area contributed by atoms with Gasteiger partial charge in [-0.2, -0.15) is 0 Å². The summed E-state index contributed by atoms with van der Waals surface area (Å²) < 4.78 is 29.6. The van der Waals surface area contributed by atoms with Gasteiger partial charge < -0.3 is 23.7 Å². The number of hydrogen-bond donors (Lipinski definition) is 0. The molecule has 0 bridgehead atoms. The van der Waals surface area contributed by atoms with Crippen LogP contribution in [0.3, 0.4) is 0 Å². The molecule has 2 heterocycles.